The molecule has 0 N–H and O–H groups in total. The van der Waals surface area contributed by atoms with Gasteiger partial charge in [0, 0.05) is 43.9 Å². The maximum atomic E-state index is 13.0. The number of rotatable bonds is 7. The van der Waals surface area contributed by atoms with Crippen molar-refractivity contribution in [1.29, 1.82) is 0 Å². The summed E-state index contributed by atoms with van der Waals surface area (Å²) in [6.07, 6.45) is 4.30. The molecule has 6 heteroatoms. The molecular formula is C23H27N5O. The molecule has 0 fully saturated rings. The van der Waals surface area contributed by atoms with Gasteiger partial charge in [-0.2, -0.15) is 0 Å². The number of amides is 1. The van der Waals surface area contributed by atoms with E-state index in [1.54, 1.807) is 30.4 Å². The van der Waals surface area contributed by atoms with E-state index in [0.29, 0.717) is 24.7 Å². The fourth-order valence-electron chi connectivity index (χ4n) is 3.16. The molecule has 2 heterocycles. The van der Waals surface area contributed by atoms with E-state index in [0.717, 1.165) is 23.4 Å². The Labute approximate surface area is 172 Å². The molecule has 29 heavy (non-hydrogen) atoms. The van der Waals surface area contributed by atoms with E-state index >= 15 is 0 Å². The van der Waals surface area contributed by atoms with Crippen molar-refractivity contribution in [3.8, 4) is 0 Å². The van der Waals surface area contributed by atoms with Crippen LogP contribution in [0.3, 0.4) is 0 Å². The number of carbonyl (C=O) groups excluding carboxylic acids is 1. The smallest absolute Gasteiger partial charge is 0.272 e. The van der Waals surface area contributed by atoms with Crippen LogP contribution in [0.15, 0.2) is 54.9 Å². The summed E-state index contributed by atoms with van der Waals surface area (Å²) in [4.78, 5) is 29.9. The lowest BCUT2D eigenvalue weighted by Crippen LogP contribution is -2.30. The van der Waals surface area contributed by atoms with Gasteiger partial charge < -0.3 is 9.80 Å². The summed E-state index contributed by atoms with van der Waals surface area (Å²) >= 11 is 0. The minimum atomic E-state index is -0.105. The van der Waals surface area contributed by atoms with Crippen LogP contribution in [-0.4, -0.2) is 45.9 Å². The third-order valence-electron chi connectivity index (χ3n) is 4.76. The zero-order valence-electron chi connectivity index (χ0n) is 17.5. The molecule has 0 aliphatic heterocycles. The van der Waals surface area contributed by atoms with Crippen molar-refractivity contribution in [2.75, 3.05) is 25.0 Å². The number of anilines is 2. The molecule has 0 aliphatic rings. The Kier molecular flexibility index (Phi) is 6.54. The lowest BCUT2D eigenvalue weighted by atomic mass is 10.2. The van der Waals surface area contributed by atoms with Crippen LogP contribution in [-0.2, 0) is 6.42 Å². The van der Waals surface area contributed by atoms with Crippen LogP contribution in [0, 0.1) is 13.8 Å². The zero-order chi connectivity index (χ0) is 20.8. The molecule has 6 nitrogen and oxygen atoms in total. The number of aryl methyl sites for hydroxylation is 2. The molecule has 1 amide bonds. The number of pyridine rings is 1. The molecule has 0 aliphatic carbocycles. The SMILES string of the molecule is CCN(c1cccc(C)c1)c1nc(C)cc(C(=O)N(C)CCc2ccncc2)n1. The standard InChI is InChI=1S/C23H27N5O/c1-5-28(20-8-6-7-17(2)15-20)23-25-18(3)16-21(26-23)22(29)27(4)14-11-19-9-12-24-13-10-19/h6-10,12-13,15-16H,5,11,14H2,1-4H3. The normalized spacial score (nSPS) is 10.6. The summed E-state index contributed by atoms with van der Waals surface area (Å²) in [6, 6.07) is 13.9. The second-order valence-corrected chi connectivity index (χ2v) is 7.11. The Hall–Kier alpha value is -3.28. The highest BCUT2D eigenvalue weighted by Crippen LogP contribution is 2.23. The van der Waals surface area contributed by atoms with Crippen LogP contribution in [0.25, 0.3) is 0 Å². The number of hydrogen-bond acceptors (Lipinski definition) is 5. The third kappa shape index (κ3) is 5.16. The summed E-state index contributed by atoms with van der Waals surface area (Å²) < 4.78 is 0. The minimum Gasteiger partial charge on any atom is -0.340 e. The zero-order valence-corrected chi connectivity index (χ0v) is 17.5. The second kappa shape index (κ2) is 9.28. The van der Waals surface area contributed by atoms with Crippen molar-refractivity contribution < 1.29 is 4.79 Å². The fraction of sp³-hybridized carbons (Fsp3) is 0.304. The van der Waals surface area contributed by atoms with E-state index in [9.17, 15) is 4.79 Å². The average Bonchev–Trinajstić information content (AvgIpc) is 2.72. The number of nitrogens with zero attached hydrogens (tertiary/aromatic N) is 5. The van der Waals surface area contributed by atoms with Gasteiger partial charge in [-0.15, -0.1) is 0 Å². The lowest BCUT2D eigenvalue weighted by Gasteiger charge is -2.23. The van der Waals surface area contributed by atoms with Gasteiger partial charge in [0.05, 0.1) is 0 Å². The van der Waals surface area contributed by atoms with Crippen molar-refractivity contribution in [3.05, 3.63) is 77.4 Å². The van der Waals surface area contributed by atoms with Crippen molar-refractivity contribution in [3.63, 3.8) is 0 Å². The quantitative estimate of drug-likeness (QED) is 0.612. The molecule has 0 unspecified atom stereocenters. The molecule has 0 saturated carbocycles. The molecule has 0 radical (unpaired) electrons. The largest absolute Gasteiger partial charge is 0.340 e. The lowest BCUT2D eigenvalue weighted by molar-refractivity contribution is 0.0790. The van der Waals surface area contributed by atoms with Crippen molar-refractivity contribution in [2.45, 2.75) is 27.2 Å². The van der Waals surface area contributed by atoms with Gasteiger partial charge in [0.15, 0.2) is 0 Å². The van der Waals surface area contributed by atoms with Gasteiger partial charge in [0.25, 0.3) is 5.91 Å². The first-order valence-electron chi connectivity index (χ1n) is 9.82. The fourth-order valence-corrected chi connectivity index (χ4v) is 3.16. The number of aromatic nitrogens is 3. The van der Waals surface area contributed by atoms with Gasteiger partial charge >= 0.3 is 0 Å². The predicted octanol–water partition coefficient (Wildman–Crippen LogP) is 3.96. The van der Waals surface area contributed by atoms with Crippen molar-refractivity contribution in [1.82, 2.24) is 19.9 Å². The Balaban J connectivity index is 1.81. The van der Waals surface area contributed by atoms with Crippen molar-refractivity contribution in [2.24, 2.45) is 0 Å². The Morgan fingerprint density at radius 3 is 2.48 bits per heavy atom. The Morgan fingerprint density at radius 1 is 1.03 bits per heavy atom. The van der Waals surface area contributed by atoms with E-state index in [-0.39, 0.29) is 5.91 Å². The summed E-state index contributed by atoms with van der Waals surface area (Å²) in [5, 5.41) is 0. The van der Waals surface area contributed by atoms with Gasteiger partial charge in [-0.3, -0.25) is 9.78 Å². The van der Waals surface area contributed by atoms with Crippen LogP contribution >= 0.6 is 0 Å². The molecule has 0 bridgehead atoms. The molecule has 0 atom stereocenters. The highest BCUT2D eigenvalue weighted by atomic mass is 16.2. The summed E-state index contributed by atoms with van der Waals surface area (Å²) in [5.74, 6) is 0.440. The van der Waals surface area contributed by atoms with Crippen LogP contribution in [0.5, 0.6) is 0 Å². The molecule has 2 aromatic heterocycles. The first-order valence-corrected chi connectivity index (χ1v) is 9.82. The van der Waals surface area contributed by atoms with Gasteiger partial charge in [-0.25, -0.2) is 9.97 Å². The van der Waals surface area contributed by atoms with Gasteiger partial charge in [0.2, 0.25) is 5.95 Å². The predicted molar refractivity (Wildman–Crippen MR) is 116 cm³/mol. The number of likely N-dealkylation sites (N-methyl/N-ethyl adjacent to an activating group) is 1. The van der Waals surface area contributed by atoms with Gasteiger partial charge in [-0.1, -0.05) is 12.1 Å². The maximum absolute atomic E-state index is 13.0. The highest BCUT2D eigenvalue weighted by molar-refractivity contribution is 5.92. The molecule has 0 spiro atoms. The van der Waals surface area contributed by atoms with Gasteiger partial charge in [0.1, 0.15) is 5.69 Å². The average molecular weight is 390 g/mol. The van der Waals surface area contributed by atoms with E-state index in [4.69, 9.17) is 0 Å². The summed E-state index contributed by atoms with van der Waals surface area (Å²) in [5.41, 5.74) is 4.52. The van der Waals surface area contributed by atoms with Crippen molar-refractivity contribution >= 4 is 17.5 Å². The number of benzene rings is 1. The Bertz CT molecular complexity index is 974. The van der Waals surface area contributed by atoms with E-state index in [1.807, 2.05) is 36.1 Å². The Morgan fingerprint density at radius 2 is 1.79 bits per heavy atom. The van der Waals surface area contributed by atoms with Crippen LogP contribution < -0.4 is 4.90 Å². The first kappa shape index (κ1) is 20.5. The number of hydrogen-bond donors (Lipinski definition) is 0. The van der Waals surface area contributed by atoms with Gasteiger partial charge in [-0.05, 0) is 68.7 Å². The van der Waals surface area contributed by atoms with Crippen LogP contribution in [0.4, 0.5) is 11.6 Å². The monoisotopic (exact) mass is 389 g/mol. The molecule has 3 aromatic rings. The highest BCUT2D eigenvalue weighted by Gasteiger charge is 2.18. The van der Waals surface area contributed by atoms with Crippen LogP contribution in [0.2, 0.25) is 0 Å². The topological polar surface area (TPSA) is 62.2 Å². The van der Waals surface area contributed by atoms with E-state index in [2.05, 4.69) is 40.9 Å². The number of carbonyl (C=O) groups is 1. The molecule has 150 valence electrons. The molecule has 0 saturated heterocycles. The first-order chi connectivity index (χ1) is 14.0. The van der Waals surface area contributed by atoms with E-state index in [1.165, 1.54) is 5.56 Å². The maximum Gasteiger partial charge on any atom is 0.272 e. The third-order valence-corrected chi connectivity index (χ3v) is 4.76. The van der Waals surface area contributed by atoms with Crippen LogP contribution in [0.1, 0.15) is 34.2 Å². The minimum absolute atomic E-state index is 0.105. The summed E-state index contributed by atoms with van der Waals surface area (Å²) in [6.45, 7) is 7.32. The second-order valence-electron chi connectivity index (χ2n) is 7.11. The molecule has 3 rings (SSSR count). The molecule has 1 aromatic carbocycles. The summed E-state index contributed by atoms with van der Waals surface area (Å²) in [7, 11) is 1.80. The van der Waals surface area contributed by atoms with E-state index < -0.39 is 0 Å². The molecular weight excluding hydrogens is 362 g/mol.